The van der Waals surface area contributed by atoms with Crippen LogP contribution in [0.3, 0.4) is 0 Å². The zero-order chi connectivity index (χ0) is 20.5. The molecule has 150 valence electrons. The molecule has 2 aromatic rings. The SMILES string of the molecule is CCCCOC(=O)COc1cccc(NC(=O)c2sc(N=C(N)N)nc2C)c1. The number of amides is 1. The number of aliphatic imine (C=N–C) groups is 1. The number of benzene rings is 1. The van der Waals surface area contributed by atoms with Crippen LogP contribution in [0, 0.1) is 6.92 Å². The number of aryl methyl sites for hydroxylation is 1. The van der Waals surface area contributed by atoms with Gasteiger partial charge in [-0.3, -0.25) is 4.79 Å². The molecule has 0 saturated carbocycles. The molecule has 28 heavy (non-hydrogen) atoms. The Morgan fingerprint density at radius 3 is 2.82 bits per heavy atom. The van der Waals surface area contributed by atoms with Gasteiger partial charge in [0.25, 0.3) is 5.91 Å². The average Bonchev–Trinajstić information content (AvgIpc) is 3.00. The van der Waals surface area contributed by atoms with Gasteiger partial charge in [-0.05, 0) is 25.5 Å². The third kappa shape index (κ3) is 6.54. The largest absolute Gasteiger partial charge is 0.482 e. The molecule has 0 aliphatic rings. The molecule has 10 heteroatoms. The lowest BCUT2D eigenvalue weighted by molar-refractivity contribution is -0.146. The summed E-state index contributed by atoms with van der Waals surface area (Å²) in [7, 11) is 0. The number of nitrogens with zero attached hydrogens (tertiary/aromatic N) is 2. The molecule has 0 spiro atoms. The van der Waals surface area contributed by atoms with Gasteiger partial charge in [0, 0.05) is 11.8 Å². The first kappa shape index (κ1) is 21.2. The Hall–Kier alpha value is -3.14. The maximum atomic E-state index is 12.5. The lowest BCUT2D eigenvalue weighted by atomic mass is 10.3. The van der Waals surface area contributed by atoms with E-state index in [-0.39, 0.29) is 18.5 Å². The number of unbranched alkanes of at least 4 members (excludes halogenated alkanes) is 1. The molecule has 0 aliphatic carbocycles. The minimum absolute atomic E-state index is 0.126. The average molecular weight is 405 g/mol. The molecular weight excluding hydrogens is 382 g/mol. The van der Waals surface area contributed by atoms with E-state index in [1.807, 2.05) is 6.92 Å². The van der Waals surface area contributed by atoms with Crippen LogP contribution in [0.2, 0.25) is 0 Å². The standard InChI is InChI=1S/C18H23N5O4S/c1-3-4-8-26-14(24)10-27-13-7-5-6-12(9-13)22-16(25)15-11(2)21-18(28-15)23-17(19)20/h5-7,9H,3-4,8,10H2,1-2H3,(H,22,25)(H4,19,20,21,23). The van der Waals surface area contributed by atoms with Crippen LogP contribution in [0.1, 0.15) is 35.1 Å². The number of ether oxygens (including phenoxy) is 2. The van der Waals surface area contributed by atoms with Crippen molar-refractivity contribution in [2.45, 2.75) is 26.7 Å². The first-order valence-corrected chi connectivity index (χ1v) is 9.47. The van der Waals surface area contributed by atoms with E-state index in [1.165, 1.54) is 0 Å². The van der Waals surface area contributed by atoms with Crippen LogP contribution in [0.5, 0.6) is 5.75 Å². The van der Waals surface area contributed by atoms with Gasteiger partial charge >= 0.3 is 5.97 Å². The lowest BCUT2D eigenvalue weighted by Gasteiger charge is -2.09. The molecule has 1 aromatic heterocycles. The minimum atomic E-state index is -0.435. The second-order valence-corrected chi connectivity index (χ2v) is 6.77. The molecule has 9 nitrogen and oxygen atoms in total. The smallest absolute Gasteiger partial charge is 0.344 e. The Morgan fingerprint density at radius 2 is 2.11 bits per heavy atom. The van der Waals surface area contributed by atoms with E-state index in [0.717, 1.165) is 24.2 Å². The molecule has 5 N–H and O–H groups in total. The highest BCUT2D eigenvalue weighted by atomic mass is 32.1. The molecule has 0 fully saturated rings. The summed E-state index contributed by atoms with van der Waals surface area (Å²) >= 11 is 1.08. The minimum Gasteiger partial charge on any atom is -0.482 e. The third-order valence-electron chi connectivity index (χ3n) is 3.43. The number of nitrogens with one attached hydrogen (secondary N) is 1. The number of carbonyl (C=O) groups excluding carboxylic acids is 2. The number of thiazole rings is 1. The summed E-state index contributed by atoms with van der Waals surface area (Å²) in [4.78, 5) is 32.5. The van der Waals surface area contributed by atoms with Gasteiger partial charge in [-0.25, -0.2) is 9.78 Å². The molecule has 0 atom stereocenters. The van der Waals surface area contributed by atoms with E-state index in [2.05, 4.69) is 15.3 Å². The Morgan fingerprint density at radius 1 is 1.32 bits per heavy atom. The first-order chi connectivity index (χ1) is 13.4. The fourth-order valence-corrected chi connectivity index (χ4v) is 2.97. The topological polar surface area (TPSA) is 142 Å². The molecular formula is C18H23N5O4S. The monoisotopic (exact) mass is 405 g/mol. The van der Waals surface area contributed by atoms with Gasteiger partial charge in [0.15, 0.2) is 12.6 Å². The van der Waals surface area contributed by atoms with E-state index in [1.54, 1.807) is 31.2 Å². The molecule has 0 bridgehead atoms. The van der Waals surface area contributed by atoms with Gasteiger partial charge in [-0.2, -0.15) is 4.99 Å². The van der Waals surface area contributed by atoms with Crippen molar-refractivity contribution in [2.24, 2.45) is 16.5 Å². The number of hydrogen-bond donors (Lipinski definition) is 3. The summed E-state index contributed by atoms with van der Waals surface area (Å²) in [6.07, 6.45) is 1.76. The number of carbonyl (C=O) groups is 2. The van der Waals surface area contributed by atoms with Crippen LogP contribution >= 0.6 is 11.3 Å². The van der Waals surface area contributed by atoms with E-state index in [9.17, 15) is 9.59 Å². The van der Waals surface area contributed by atoms with Crippen molar-refractivity contribution in [3.8, 4) is 5.75 Å². The Labute approximate surface area is 166 Å². The van der Waals surface area contributed by atoms with Crippen molar-refractivity contribution in [2.75, 3.05) is 18.5 Å². The zero-order valence-electron chi connectivity index (χ0n) is 15.7. The Balaban J connectivity index is 1.97. The number of esters is 1. The second kappa shape index (κ2) is 10.3. The summed E-state index contributed by atoms with van der Waals surface area (Å²) in [6, 6.07) is 6.71. The van der Waals surface area contributed by atoms with E-state index in [4.69, 9.17) is 20.9 Å². The van der Waals surface area contributed by atoms with Gasteiger partial charge in [-0.1, -0.05) is 30.7 Å². The number of aromatic nitrogens is 1. The predicted molar refractivity (Wildman–Crippen MR) is 108 cm³/mol. The van der Waals surface area contributed by atoms with Crippen molar-refractivity contribution >= 4 is 40.0 Å². The first-order valence-electron chi connectivity index (χ1n) is 8.66. The molecule has 0 unspecified atom stereocenters. The van der Waals surface area contributed by atoms with Gasteiger partial charge < -0.3 is 26.3 Å². The number of nitrogens with two attached hydrogens (primary N) is 2. The fourth-order valence-electron chi connectivity index (χ4n) is 2.12. The summed E-state index contributed by atoms with van der Waals surface area (Å²) in [5, 5.41) is 3.07. The molecule has 2 rings (SSSR count). The van der Waals surface area contributed by atoms with E-state index < -0.39 is 5.97 Å². The van der Waals surface area contributed by atoms with Crippen molar-refractivity contribution in [1.82, 2.24) is 4.98 Å². The summed E-state index contributed by atoms with van der Waals surface area (Å²) in [5.74, 6) is -0.468. The van der Waals surface area contributed by atoms with Gasteiger partial charge in [0.05, 0.1) is 12.3 Å². The molecule has 0 radical (unpaired) electrons. The Bertz CT molecular complexity index is 861. The highest BCUT2D eigenvalue weighted by Crippen LogP contribution is 2.26. The number of guanidine groups is 1. The quantitative estimate of drug-likeness (QED) is 0.251. The molecule has 1 aromatic carbocycles. The van der Waals surface area contributed by atoms with Crippen LogP contribution in [-0.2, 0) is 9.53 Å². The molecule has 0 saturated heterocycles. The van der Waals surface area contributed by atoms with E-state index >= 15 is 0 Å². The fraction of sp³-hybridized carbons (Fsp3) is 0.333. The number of hydrogen-bond acceptors (Lipinski definition) is 7. The molecule has 0 aliphatic heterocycles. The van der Waals surface area contributed by atoms with Crippen LogP contribution < -0.4 is 21.5 Å². The van der Waals surface area contributed by atoms with Crippen LogP contribution in [-0.4, -0.2) is 36.0 Å². The van der Waals surface area contributed by atoms with Crippen LogP contribution in [0.4, 0.5) is 10.8 Å². The highest BCUT2D eigenvalue weighted by molar-refractivity contribution is 7.17. The summed E-state index contributed by atoms with van der Waals surface area (Å²) in [6.45, 7) is 3.89. The van der Waals surface area contributed by atoms with Crippen molar-refractivity contribution in [3.05, 3.63) is 34.8 Å². The molecule has 1 heterocycles. The van der Waals surface area contributed by atoms with E-state index in [0.29, 0.717) is 33.7 Å². The molecule has 1 amide bonds. The van der Waals surface area contributed by atoms with Crippen molar-refractivity contribution in [1.29, 1.82) is 0 Å². The summed E-state index contributed by atoms with van der Waals surface area (Å²) < 4.78 is 10.4. The van der Waals surface area contributed by atoms with Gasteiger partial charge in [0.2, 0.25) is 5.13 Å². The van der Waals surface area contributed by atoms with Crippen LogP contribution in [0.15, 0.2) is 29.3 Å². The number of rotatable bonds is 9. The maximum absolute atomic E-state index is 12.5. The van der Waals surface area contributed by atoms with Gasteiger partial charge in [-0.15, -0.1) is 0 Å². The lowest BCUT2D eigenvalue weighted by Crippen LogP contribution is -2.21. The highest BCUT2D eigenvalue weighted by Gasteiger charge is 2.16. The van der Waals surface area contributed by atoms with Crippen molar-refractivity contribution in [3.63, 3.8) is 0 Å². The maximum Gasteiger partial charge on any atom is 0.344 e. The number of anilines is 1. The van der Waals surface area contributed by atoms with Crippen molar-refractivity contribution < 1.29 is 19.1 Å². The van der Waals surface area contributed by atoms with Crippen LogP contribution in [0.25, 0.3) is 0 Å². The third-order valence-corrected chi connectivity index (χ3v) is 4.48. The summed E-state index contributed by atoms with van der Waals surface area (Å²) in [5.41, 5.74) is 11.7. The van der Waals surface area contributed by atoms with Gasteiger partial charge in [0.1, 0.15) is 10.6 Å². The zero-order valence-corrected chi connectivity index (χ0v) is 16.5. The Kier molecular flexibility index (Phi) is 7.76. The predicted octanol–water partition coefficient (Wildman–Crippen LogP) is 2.33. The normalized spacial score (nSPS) is 10.2. The second-order valence-electron chi connectivity index (χ2n) is 5.79.